The lowest BCUT2D eigenvalue weighted by molar-refractivity contribution is -0.158. The molecule has 10 nitrogen and oxygen atoms in total. The minimum atomic E-state index is -1.36. The van der Waals surface area contributed by atoms with E-state index in [1.165, 1.54) is 19.1 Å². The van der Waals surface area contributed by atoms with E-state index in [4.69, 9.17) is 4.74 Å². The zero-order valence-corrected chi connectivity index (χ0v) is 20.4. The molecule has 3 aromatic rings. The lowest BCUT2D eigenvalue weighted by atomic mass is 9.98. The average Bonchev–Trinajstić information content (AvgIpc) is 3.16. The average molecular weight is 512 g/mol. The van der Waals surface area contributed by atoms with Crippen LogP contribution in [0, 0.1) is 0 Å². The van der Waals surface area contributed by atoms with Gasteiger partial charge in [0.2, 0.25) is 17.7 Å². The Morgan fingerprint density at radius 2 is 1.83 bits per heavy atom. The summed E-state index contributed by atoms with van der Waals surface area (Å²) >= 11 is 0.803. The monoisotopic (exact) mass is 511 g/mol. The van der Waals surface area contributed by atoms with E-state index in [1.807, 2.05) is 25.1 Å². The summed E-state index contributed by atoms with van der Waals surface area (Å²) in [6.07, 6.45) is 0. The second kappa shape index (κ2) is 9.86. The van der Waals surface area contributed by atoms with Crippen molar-refractivity contribution in [2.75, 3.05) is 6.61 Å². The number of carbonyl (C=O) groups is 3. The molecule has 0 saturated carbocycles. The highest BCUT2D eigenvalue weighted by molar-refractivity contribution is 7.98. The van der Waals surface area contributed by atoms with Crippen LogP contribution in [0.15, 0.2) is 60.7 Å². The van der Waals surface area contributed by atoms with E-state index < -0.39 is 35.2 Å². The van der Waals surface area contributed by atoms with Crippen molar-refractivity contribution in [3.63, 3.8) is 0 Å². The fourth-order valence-corrected chi connectivity index (χ4v) is 5.32. The number of fused-ring (bicyclic) bond motifs is 1. The van der Waals surface area contributed by atoms with Crippen LogP contribution in [0.2, 0.25) is 0 Å². The Bertz CT molecular complexity index is 1340. The normalized spacial score (nSPS) is 17.9. The third-order valence-electron chi connectivity index (χ3n) is 5.75. The number of hydrogen-bond donors (Lipinski definition) is 4. The molecule has 188 valence electrons. The highest BCUT2D eigenvalue weighted by atomic mass is 32.2. The summed E-state index contributed by atoms with van der Waals surface area (Å²) in [6.45, 7) is 7.39. The molecular weight excluding hydrogens is 486 g/mol. The number of carbonyl (C=O) groups excluding carboxylic acids is 2. The van der Waals surface area contributed by atoms with Gasteiger partial charge in [-0.15, -0.1) is 0 Å². The summed E-state index contributed by atoms with van der Waals surface area (Å²) in [6, 6.07) is 10.6. The lowest BCUT2D eigenvalue weighted by Gasteiger charge is -2.49. The summed E-state index contributed by atoms with van der Waals surface area (Å²) in [7, 11) is 0. The van der Waals surface area contributed by atoms with Gasteiger partial charge in [-0.2, -0.15) is 0 Å². The van der Waals surface area contributed by atoms with Crippen LogP contribution in [-0.2, 0) is 9.59 Å². The molecular formula is C25H25N3O7S. The van der Waals surface area contributed by atoms with Crippen molar-refractivity contribution in [1.82, 2.24) is 14.2 Å². The Morgan fingerprint density at radius 1 is 1.17 bits per heavy atom. The predicted octanol–water partition coefficient (Wildman–Crippen LogP) is 2.94. The molecule has 3 atom stereocenters. The van der Waals surface area contributed by atoms with Crippen molar-refractivity contribution in [3.8, 4) is 17.5 Å². The van der Waals surface area contributed by atoms with Crippen LogP contribution in [0.25, 0.3) is 10.8 Å². The van der Waals surface area contributed by atoms with E-state index in [0.29, 0.717) is 17.7 Å². The SMILES string of the molecule is C=C(C)C(C(=O)O)N1C(=O)C(NC(=O)c2cc(OCC)cc3ccccc23)C1Sn1c(O)ccc1O. The molecule has 2 heterocycles. The number of carboxylic acid groups (broad SMARTS) is 1. The molecule has 0 radical (unpaired) electrons. The number of amides is 2. The van der Waals surface area contributed by atoms with Crippen LogP contribution < -0.4 is 10.1 Å². The second-order valence-corrected chi connectivity index (χ2v) is 9.31. The molecule has 1 aliphatic heterocycles. The molecule has 1 aromatic heterocycles. The van der Waals surface area contributed by atoms with Gasteiger partial charge in [-0.3, -0.25) is 9.59 Å². The third kappa shape index (κ3) is 4.44. The summed E-state index contributed by atoms with van der Waals surface area (Å²) < 4.78 is 6.64. The van der Waals surface area contributed by atoms with Gasteiger partial charge in [0.15, 0.2) is 6.04 Å². The maximum Gasteiger partial charge on any atom is 0.330 e. The van der Waals surface area contributed by atoms with Crippen LogP contribution in [0.3, 0.4) is 0 Å². The van der Waals surface area contributed by atoms with Crippen molar-refractivity contribution < 1.29 is 34.4 Å². The number of carboxylic acids is 1. The Morgan fingerprint density at radius 3 is 2.44 bits per heavy atom. The first-order valence-electron chi connectivity index (χ1n) is 11.1. The van der Waals surface area contributed by atoms with Crippen molar-refractivity contribution in [2.45, 2.75) is 31.3 Å². The minimum absolute atomic E-state index is 0.211. The van der Waals surface area contributed by atoms with Crippen molar-refractivity contribution in [3.05, 3.63) is 66.2 Å². The fourth-order valence-electron chi connectivity index (χ4n) is 4.13. The molecule has 1 fully saturated rings. The molecule has 2 amide bonds. The topological polar surface area (TPSA) is 141 Å². The number of rotatable bonds is 9. The number of nitrogens with zero attached hydrogens (tertiary/aromatic N) is 2. The van der Waals surface area contributed by atoms with Crippen LogP contribution in [0.5, 0.6) is 17.5 Å². The van der Waals surface area contributed by atoms with Gasteiger partial charge in [0.05, 0.1) is 12.2 Å². The van der Waals surface area contributed by atoms with Gasteiger partial charge in [0.25, 0.3) is 5.91 Å². The number of aliphatic carboxylic acids is 1. The van der Waals surface area contributed by atoms with Crippen molar-refractivity contribution in [2.24, 2.45) is 0 Å². The molecule has 1 aliphatic rings. The maximum atomic E-state index is 13.4. The smallest absolute Gasteiger partial charge is 0.330 e. The summed E-state index contributed by atoms with van der Waals surface area (Å²) in [4.78, 5) is 39.6. The van der Waals surface area contributed by atoms with Crippen molar-refractivity contribution in [1.29, 1.82) is 0 Å². The molecule has 0 aliphatic carbocycles. The number of aromatic nitrogens is 1. The second-order valence-electron chi connectivity index (χ2n) is 8.25. The molecule has 3 unspecified atom stereocenters. The maximum absolute atomic E-state index is 13.4. The zero-order valence-electron chi connectivity index (χ0n) is 19.5. The standard InChI is InChI=1S/C25H25N3O7S/c1-4-35-15-11-14-7-5-6-8-16(14)17(12-15)22(31)26-20-23(32)27(21(13(2)3)25(33)34)24(20)36-28-18(29)9-10-19(28)30/h5-12,20-21,24,29-30H,2,4H2,1,3H3,(H,26,31)(H,33,34). The fraction of sp³-hybridized carbons (Fsp3) is 0.240. The Labute approximate surface area is 210 Å². The van der Waals surface area contributed by atoms with Crippen LogP contribution >= 0.6 is 11.9 Å². The number of aromatic hydroxyl groups is 2. The molecule has 2 aromatic carbocycles. The van der Waals surface area contributed by atoms with Gasteiger partial charge in [-0.25, -0.2) is 8.77 Å². The molecule has 0 spiro atoms. The van der Waals surface area contributed by atoms with E-state index in [9.17, 15) is 29.7 Å². The van der Waals surface area contributed by atoms with Gasteiger partial charge >= 0.3 is 5.97 Å². The Balaban J connectivity index is 1.69. The largest absolute Gasteiger partial charge is 0.494 e. The highest BCUT2D eigenvalue weighted by Gasteiger charge is 2.54. The molecule has 4 rings (SSSR count). The summed E-state index contributed by atoms with van der Waals surface area (Å²) in [5, 5.41) is 33.1. The van der Waals surface area contributed by atoms with E-state index >= 15 is 0 Å². The molecule has 11 heteroatoms. The predicted molar refractivity (Wildman–Crippen MR) is 134 cm³/mol. The van der Waals surface area contributed by atoms with E-state index in [1.54, 1.807) is 18.2 Å². The van der Waals surface area contributed by atoms with Crippen molar-refractivity contribution >= 4 is 40.5 Å². The molecule has 1 saturated heterocycles. The summed E-state index contributed by atoms with van der Waals surface area (Å²) in [5.41, 5.74) is 0.496. The van der Waals surface area contributed by atoms with E-state index in [2.05, 4.69) is 11.9 Å². The molecule has 4 N–H and O–H groups in total. The van der Waals surface area contributed by atoms with E-state index in [0.717, 1.165) is 26.2 Å². The quantitative estimate of drug-likeness (QED) is 0.254. The third-order valence-corrected chi connectivity index (χ3v) is 7.05. The zero-order chi connectivity index (χ0) is 26.1. The van der Waals surface area contributed by atoms with Gasteiger partial charge in [0.1, 0.15) is 17.2 Å². The van der Waals surface area contributed by atoms with Gasteiger partial charge in [-0.05, 0) is 54.3 Å². The first-order valence-corrected chi connectivity index (χ1v) is 11.9. The van der Waals surface area contributed by atoms with Crippen LogP contribution in [0.1, 0.15) is 24.2 Å². The number of likely N-dealkylation sites (tertiary alicyclic amines) is 1. The first kappa shape index (κ1) is 25.0. The number of nitrogens with one attached hydrogen (secondary N) is 1. The Kier molecular flexibility index (Phi) is 6.84. The molecule has 0 bridgehead atoms. The number of benzene rings is 2. The summed E-state index contributed by atoms with van der Waals surface area (Å²) in [5.74, 6) is -2.60. The Hall–Kier alpha value is -4.12. The highest BCUT2D eigenvalue weighted by Crippen LogP contribution is 2.39. The van der Waals surface area contributed by atoms with Gasteiger partial charge in [0, 0.05) is 12.1 Å². The number of ether oxygens (including phenoxy) is 1. The van der Waals surface area contributed by atoms with Crippen LogP contribution in [-0.4, -0.2) is 66.0 Å². The number of hydrogen-bond acceptors (Lipinski definition) is 7. The van der Waals surface area contributed by atoms with Gasteiger partial charge in [-0.1, -0.05) is 30.8 Å². The minimum Gasteiger partial charge on any atom is -0.494 e. The number of β-lactam (4-membered cyclic amide) rings is 1. The van der Waals surface area contributed by atoms with Crippen LogP contribution in [0.4, 0.5) is 0 Å². The van der Waals surface area contributed by atoms with E-state index in [-0.39, 0.29) is 22.9 Å². The first-order chi connectivity index (χ1) is 17.1. The molecule has 36 heavy (non-hydrogen) atoms. The lowest BCUT2D eigenvalue weighted by Crippen LogP contribution is -2.73. The van der Waals surface area contributed by atoms with Gasteiger partial charge < -0.3 is 30.3 Å².